The minimum absolute atomic E-state index is 0.486. The topological polar surface area (TPSA) is 26.3 Å². The Morgan fingerprint density at radius 3 is 2.93 bits per heavy atom. The molecule has 0 bridgehead atoms. The van der Waals surface area contributed by atoms with E-state index in [1.807, 2.05) is 0 Å². The lowest BCUT2D eigenvalue weighted by molar-refractivity contribution is -0.124. The van der Waals surface area contributed by atoms with E-state index in [1.54, 1.807) is 0 Å². The molecule has 0 N–H and O–H groups in total. The highest BCUT2D eigenvalue weighted by Gasteiger charge is 2.34. The molecule has 2 aliphatic rings. The Morgan fingerprint density at radius 1 is 1.27 bits per heavy atom. The molecule has 0 heterocycles. The van der Waals surface area contributed by atoms with Gasteiger partial charge in [-0.25, -0.2) is 0 Å². The van der Waals surface area contributed by atoms with Crippen molar-refractivity contribution in [1.29, 1.82) is 0 Å². The zero-order valence-corrected chi connectivity index (χ0v) is 9.71. The molecule has 0 aliphatic heterocycles. The van der Waals surface area contributed by atoms with E-state index in [0.29, 0.717) is 17.8 Å². The van der Waals surface area contributed by atoms with Crippen molar-refractivity contribution in [2.75, 3.05) is 6.61 Å². The maximum Gasteiger partial charge on any atom is 0.133 e. The van der Waals surface area contributed by atoms with Crippen molar-refractivity contribution in [2.45, 2.75) is 58.0 Å². The lowest BCUT2D eigenvalue weighted by Gasteiger charge is -2.38. The molecular formula is C13H22O2. The number of hydrogen-bond acceptors (Lipinski definition) is 2. The van der Waals surface area contributed by atoms with E-state index in [9.17, 15) is 4.79 Å². The fourth-order valence-electron chi connectivity index (χ4n) is 3.08. The molecule has 2 nitrogen and oxygen atoms in total. The minimum Gasteiger partial charge on any atom is -0.378 e. The van der Waals surface area contributed by atoms with Crippen molar-refractivity contribution in [3.05, 3.63) is 0 Å². The highest BCUT2D eigenvalue weighted by Crippen LogP contribution is 2.40. The molecule has 15 heavy (non-hydrogen) atoms. The van der Waals surface area contributed by atoms with Crippen LogP contribution in [0.15, 0.2) is 0 Å². The summed E-state index contributed by atoms with van der Waals surface area (Å²) in [6, 6.07) is 0. The Labute approximate surface area is 92.4 Å². The third kappa shape index (κ3) is 2.81. The summed E-state index contributed by atoms with van der Waals surface area (Å²) in [5.41, 5.74) is 0. The second-order valence-corrected chi connectivity index (χ2v) is 5.11. The maximum absolute atomic E-state index is 11.3. The Balaban J connectivity index is 1.81. The molecule has 0 amide bonds. The summed E-state index contributed by atoms with van der Waals surface area (Å²) < 4.78 is 5.82. The van der Waals surface area contributed by atoms with E-state index in [-0.39, 0.29) is 0 Å². The summed E-state index contributed by atoms with van der Waals surface area (Å²) in [6.45, 7) is 3.06. The van der Waals surface area contributed by atoms with Crippen LogP contribution < -0.4 is 0 Å². The summed E-state index contributed by atoms with van der Waals surface area (Å²) >= 11 is 0. The van der Waals surface area contributed by atoms with Crippen LogP contribution in [-0.2, 0) is 9.53 Å². The Bertz CT molecular complexity index is 225. The van der Waals surface area contributed by atoms with Crippen molar-refractivity contribution < 1.29 is 9.53 Å². The first-order chi connectivity index (χ1) is 7.29. The summed E-state index contributed by atoms with van der Waals surface area (Å²) in [5, 5.41) is 0. The molecule has 3 atom stereocenters. The third-order valence-corrected chi connectivity index (χ3v) is 3.93. The molecule has 0 aromatic heterocycles. The van der Waals surface area contributed by atoms with Gasteiger partial charge >= 0.3 is 0 Å². The molecule has 86 valence electrons. The van der Waals surface area contributed by atoms with E-state index in [4.69, 9.17) is 4.74 Å². The molecule has 0 saturated heterocycles. The minimum atomic E-state index is 0.486. The largest absolute Gasteiger partial charge is 0.378 e. The van der Waals surface area contributed by atoms with Crippen LogP contribution in [0.1, 0.15) is 51.9 Å². The molecule has 0 radical (unpaired) electrons. The zero-order valence-electron chi connectivity index (χ0n) is 9.71. The van der Waals surface area contributed by atoms with Crippen molar-refractivity contribution in [1.82, 2.24) is 0 Å². The zero-order chi connectivity index (χ0) is 10.7. The first-order valence-corrected chi connectivity index (χ1v) is 6.43. The number of hydrogen-bond donors (Lipinski definition) is 0. The molecule has 2 heteroatoms. The quantitative estimate of drug-likeness (QED) is 0.716. The molecule has 2 aliphatic carbocycles. The predicted molar refractivity (Wildman–Crippen MR) is 59.7 cm³/mol. The smallest absolute Gasteiger partial charge is 0.133 e. The number of Topliss-reactive ketones (excluding diaryl/α,β-unsaturated/α-hetero) is 1. The van der Waals surface area contributed by atoms with Crippen LogP contribution in [0.3, 0.4) is 0 Å². The van der Waals surface area contributed by atoms with Crippen LogP contribution in [0.2, 0.25) is 0 Å². The number of ether oxygens (including phenoxy) is 1. The average Bonchev–Trinajstić information content (AvgIpc) is 2.26. The number of ketones is 1. The summed E-state index contributed by atoms with van der Waals surface area (Å²) in [4.78, 5) is 11.3. The van der Waals surface area contributed by atoms with Crippen LogP contribution in [-0.4, -0.2) is 18.5 Å². The molecule has 3 unspecified atom stereocenters. The first-order valence-electron chi connectivity index (χ1n) is 6.43. The fraction of sp³-hybridized carbons (Fsp3) is 0.923. The fourth-order valence-corrected chi connectivity index (χ4v) is 3.08. The molecule has 2 fully saturated rings. The van der Waals surface area contributed by atoms with Crippen LogP contribution >= 0.6 is 0 Å². The van der Waals surface area contributed by atoms with Gasteiger partial charge in [0.15, 0.2) is 0 Å². The highest BCUT2D eigenvalue weighted by atomic mass is 16.5. The summed E-state index contributed by atoms with van der Waals surface area (Å²) in [5.74, 6) is 1.95. The second kappa shape index (κ2) is 5.11. The van der Waals surface area contributed by atoms with Gasteiger partial charge in [-0.2, -0.15) is 0 Å². The molecule has 0 spiro atoms. The standard InChI is InChI=1S/C13H22O2/c1-2-7-15-13-6-4-10-8-12(14)5-3-11(10)9-13/h10-11,13H,2-9H2,1H3. The van der Waals surface area contributed by atoms with Gasteiger partial charge in [-0.3, -0.25) is 4.79 Å². The number of rotatable bonds is 3. The average molecular weight is 210 g/mol. The van der Waals surface area contributed by atoms with Gasteiger partial charge in [-0.15, -0.1) is 0 Å². The monoisotopic (exact) mass is 210 g/mol. The Hall–Kier alpha value is -0.370. The number of carbonyl (C=O) groups excluding carboxylic acids is 1. The van der Waals surface area contributed by atoms with Gasteiger partial charge in [-0.05, 0) is 43.9 Å². The van der Waals surface area contributed by atoms with Gasteiger partial charge in [0, 0.05) is 19.4 Å². The van der Waals surface area contributed by atoms with Gasteiger partial charge in [0.25, 0.3) is 0 Å². The van der Waals surface area contributed by atoms with Crippen LogP contribution in [0.4, 0.5) is 0 Å². The molecule has 2 rings (SSSR count). The van der Waals surface area contributed by atoms with E-state index < -0.39 is 0 Å². The SMILES string of the molecule is CCCOC1CCC2CC(=O)CCC2C1. The Kier molecular flexibility index (Phi) is 3.79. The first kappa shape index (κ1) is 11.1. The Morgan fingerprint density at radius 2 is 2.13 bits per heavy atom. The van der Waals surface area contributed by atoms with Gasteiger partial charge in [0.2, 0.25) is 0 Å². The van der Waals surface area contributed by atoms with Crippen LogP contribution in [0.25, 0.3) is 0 Å². The lowest BCUT2D eigenvalue weighted by Crippen LogP contribution is -2.34. The molecule has 0 aromatic rings. The lowest BCUT2D eigenvalue weighted by atomic mass is 9.70. The van der Waals surface area contributed by atoms with E-state index in [0.717, 1.165) is 38.2 Å². The van der Waals surface area contributed by atoms with Crippen LogP contribution in [0.5, 0.6) is 0 Å². The van der Waals surface area contributed by atoms with Gasteiger partial charge in [0.1, 0.15) is 5.78 Å². The number of carbonyl (C=O) groups is 1. The van der Waals surface area contributed by atoms with Gasteiger partial charge < -0.3 is 4.74 Å². The van der Waals surface area contributed by atoms with E-state index in [2.05, 4.69) is 6.92 Å². The van der Waals surface area contributed by atoms with Crippen molar-refractivity contribution in [3.63, 3.8) is 0 Å². The van der Waals surface area contributed by atoms with Crippen molar-refractivity contribution in [2.24, 2.45) is 11.8 Å². The van der Waals surface area contributed by atoms with E-state index in [1.165, 1.54) is 19.3 Å². The van der Waals surface area contributed by atoms with Gasteiger partial charge in [-0.1, -0.05) is 6.92 Å². The maximum atomic E-state index is 11.3. The second-order valence-electron chi connectivity index (χ2n) is 5.11. The molecular weight excluding hydrogens is 188 g/mol. The predicted octanol–water partition coefficient (Wildman–Crippen LogP) is 2.95. The third-order valence-electron chi connectivity index (χ3n) is 3.93. The van der Waals surface area contributed by atoms with Crippen molar-refractivity contribution in [3.8, 4) is 0 Å². The molecule has 0 aromatic carbocycles. The summed E-state index contributed by atoms with van der Waals surface area (Å²) in [6.07, 6.45) is 7.99. The molecule has 2 saturated carbocycles. The normalized spacial score (nSPS) is 36.3. The van der Waals surface area contributed by atoms with Crippen LogP contribution in [0, 0.1) is 11.8 Å². The van der Waals surface area contributed by atoms with Crippen molar-refractivity contribution >= 4 is 5.78 Å². The number of fused-ring (bicyclic) bond motifs is 1. The summed E-state index contributed by atoms with van der Waals surface area (Å²) in [7, 11) is 0. The van der Waals surface area contributed by atoms with Gasteiger partial charge in [0.05, 0.1) is 6.10 Å². The van der Waals surface area contributed by atoms with E-state index >= 15 is 0 Å². The highest BCUT2D eigenvalue weighted by molar-refractivity contribution is 5.79.